The van der Waals surface area contributed by atoms with Gasteiger partial charge < -0.3 is 0 Å². The Hall–Kier alpha value is -1.72. The molecule has 77 valence electrons. The van der Waals surface area contributed by atoms with Gasteiger partial charge in [0.1, 0.15) is 5.52 Å². The fraction of sp³-hybridized carbons (Fsp3) is 0.222. The first-order valence-corrected chi connectivity index (χ1v) is 4.09. The predicted molar refractivity (Wildman–Crippen MR) is 45.9 cm³/mol. The van der Waals surface area contributed by atoms with Crippen LogP contribution in [0.2, 0.25) is 0 Å². The number of halogens is 3. The van der Waals surface area contributed by atoms with E-state index in [0.717, 1.165) is 0 Å². The van der Waals surface area contributed by atoms with E-state index in [1.807, 2.05) is 0 Å². The Morgan fingerprint density at radius 1 is 1.33 bits per heavy atom. The molecule has 0 N–H and O–H groups in total. The molecule has 6 heteroatoms. The van der Waals surface area contributed by atoms with Gasteiger partial charge >= 0.3 is 6.18 Å². The number of fused-ring (bicyclic) bond motifs is 1. The van der Waals surface area contributed by atoms with Gasteiger partial charge in [0.25, 0.3) is 0 Å². The summed E-state index contributed by atoms with van der Waals surface area (Å²) >= 11 is 0. The van der Waals surface area contributed by atoms with Crippen molar-refractivity contribution in [1.29, 1.82) is 0 Å². The third-order valence-electron chi connectivity index (χ3n) is 1.76. The van der Waals surface area contributed by atoms with Crippen molar-refractivity contribution < 1.29 is 13.2 Å². The zero-order valence-corrected chi connectivity index (χ0v) is 7.41. The minimum atomic E-state index is -4.25. The van der Waals surface area contributed by atoms with Crippen LogP contribution in [0.3, 0.4) is 0 Å². The summed E-state index contributed by atoms with van der Waals surface area (Å²) in [6, 6.07) is 4.01. The monoisotopic (exact) mass is 212 g/mol. The maximum absolute atomic E-state index is 12.1. The van der Waals surface area contributed by atoms with Crippen molar-refractivity contribution in [3.63, 3.8) is 0 Å². The van der Waals surface area contributed by atoms with E-state index in [-0.39, 0.29) is 5.69 Å². The van der Waals surface area contributed by atoms with Crippen molar-refractivity contribution in [1.82, 2.24) is 15.2 Å². The van der Waals surface area contributed by atoms with Gasteiger partial charge in [0.05, 0.1) is 24.5 Å². The zero-order valence-electron chi connectivity index (χ0n) is 7.41. The highest BCUT2D eigenvalue weighted by atomic mass is 19.4. The van der Waals surface area contributed by atoms with E-state index in [0.29, 0.717) is 10.9 Å². The van der Waals surface area contributed by atoms with Gasteiger partial charge in [-0.25, -0.2) is 0 Å². The van der Waals surface area contributed by atoms with Crippen molar-refractivity contribution in [2.24, 2.45) is 0 Å². The Morgan fingerprint density at radius 2 is 2.13 bits per heavy atom. The summed E-state index contributed by atoms with van der Waals surface area (Å²) in [5.41, 5.74) is 0.391. The molecule has 0 unspecified atom stereocenters. The Bertz CT molecular complexity index is 481. The number of aromatic nitrogens is 3. The van der Waals surface area contributed by atoms with Crippen molar-refractivity contribution in [3.8, 4) is 0 Å². The molecule has 0 aliphatic carbocycles. The minimum absolute atomic E-state index is 0.0424. The molecule has 3 nitrogen and oxygen atoms in total. The number of rotatable bonds is 1. The van der Waals surface area contributed by atoms with Crippen LogP contribution < -0.4 is 0 Å². The van der Waals surface area contributed by atoms with Crippen LogP contribution in [0.4, 0.5) is 13.2 Å². The molecule has 2 aromatic rings. The van der Waals surface area contributed by atoms with Gasteiger partial charge in [0.2, 0.25) is 0 Å². The molecule has 0 bridgehead atoms. The van der Waals surface area contributed by atoms with Gasteiger partial charge in [-0.15, -0.1) is 5.10 Å². The first-order valence-electron chi connectivity index (χ1n) is 4.09. The normalized spacial score (nSPS) is 11.9. The lowest BCUT2D eigenvalue weighted by Gasteiger charge is -2.05. The number of hydrogen-bond acceptors (Lipinski definition) is 3. The van der Waals surface area contributed by atoms with Crippen LogP contribution in [-0.2, 0) is 6.42 Å². The number of pyridine rings is 1. The van der Waals surface area contributed by atoms with Crippen molar-refractivity contribution in [3.05, 3.63) is 30.2 Å². The average Bonchev–Trinajstić information content (AvgIpc) is 2.15. The second-order valence-electron chi connectivity index (χ2n) is 2.97. The van der Waals surface area contributed by atoms with Crippen LogP contribution in [0.1, 0.15) is 5.69 Å². The Kier molecular flexibility index (Phi) is 2.26. The van der Waals surface area contributed by atoms with Crippen LogP contribution in [0, 0.1) is 6.07 Å². The smallest absolute Gasteiger partial charge is 0.259 e. The van der Waals surface area contributed by atoms with Crippen molar-refractivity contribution in [2.45, 2.75) is 12.6 Å². The fourth-order valence-corrected chi connectivity index (χ4v) is 1.18. The number of alkyl halides is 3. The maximum atomic E-state index is 12.1. The van der Waals surface area contributed by atoms with Gasteiger partial charge in [-0.3, -0.25) is 4.98 Å². The molecule has 0 atom stereocenters. The van der Waals surface area contributed by atoms with Gasteiger partial charge in [-0.2, -0.15) is 18.3 Å². The third kappa shape index (κ3) is 2.39. The summed E-state index contributed by atoms with van der Waals surface area (Å²) in [5, 5.41) is 7.73. The molecule has 0 saturated heterocycles. The molecule has 2 rings (SSSR count). The van der Waals surface area contributed by atoms with Crippen LogP contribution in [0.25, 0.3) is 10.9 Å². The second-order valence-corrected chi connectivity index (χ2v) is 2.97. The lowest BCUT2D eigenvalue weighted by molar-refractivity contribution is -0.127. The van der Waals surface area contributed by atoms with Crippen LogP contribution in [0.5, 0.6) is 0 Å². The molecule has 0 amide bonds. The molecule has 0 aliphatic rings. The standard InChI is InChI=1S/C9H5F3N3/c10-9(11,12)4-7-3-6-1-2-14-15-8(6)5-13-7/h2-3,5H,4H2. The van der Waals surface area contributed by atoms with Gasteiger partial charge in [0.15, 0.2) is 0 Å². The van der Waals surface area contributed by atoms with E-state index < -0.39 is 12.6 Å². The van der Waals surface area contributed by atoms with E-state index in [1.165, 1.54) is 18.5 Å². The molecular weight excluding hydrogens is 207 g/mol. The summed E-state index contributed by atoms with van der Waals surface area (Å²) in [7, 11) is 0. The highest BCUT2D eigenvalue weighted by molar-refractivity contribution is 5.76. The molecule has 2 heterocycles. The van der Waals surface area contributed by atoms with E-state index in [9.17, 15) is 13.2 Å². The second kappa shape index (κ2) is 3.45. The molecule has 15 heavy (non-hydrogen) atoms. The van der Waals surface area contributed by atoms with Gasteiger partial charge in [-0.1, -0.05) is 0 Å². The molecule has 0 aliphatic heterocycles. The van der Waals surface area contributed by atoms with E-state index in [1.54, 1.807) is 0 Å². The summed E-state index contributed by atoms with van der Waals surface area (Å²) in [5.74, 6) is 0. The van der Waals surface area contributed by atoms with E-state index in [4.69, 9.17) is 0 Å². The quantitative estimate of drug-likeness (QED) is 0.724. The maximum Gasteiger partial charge on any atom is 0.394 e. The highest BCUT2D eigenvalue weighted by Gasteiger charge is 2.28. The lowest BCUT2D eigenvalue weighted by atomic mass is 10.2. The molecule has 2 aromatic heterocycles. The first kappa shape index (κ1) is 9.82. The Labute approximate surface area is 83.0 Å². The first-order chi connectivity index (χ1) is 7.04. The van der Waals surface area contributed by atoms with Gasteiger partial charge in [0, 0.05) is 11.5 Å². The van der Waals surface area contributed by atoms with Crippen molar-refractivity contribution in [2.75, 3.05) is 0 Å². The topological polar surface area (TPSA) is 38.7 Å². The van der Waals surface area contributed by atoms with Crippen LogP contribution in [-0.4, -0.2) is 21.4 Å². The van der Waals surface area contributed by atoms with E-state index >= 15 is 0 Å². The van der Waals surface area contributed by atoms with Crippen LogP contribution >= 0.6 is 0 Å². The summed E-state index contributed by atoms with van der Waals surface area (Å²) in [4.78, 5) is 3.65. The molecule has 0 fully saturated rings. The largest absolute Gasteiger partial charge is 0.394 e. The van der Waals surface area contributed by atoms with E-state index in [2.05, 4.69) is 21.2 Å². The van der Waals surface area contributed by atoms with Crippen molar-refractivity contribution >= 4 is 10.9 Å². The summed E-state index contributed by atoms with van der Waals surface area (Å²) in [6.07, 6.45) is -2.72. The zero-order chi connectivity index (χ0) is 10.9. The Morgan fingerprint density at radius 3 is 2.87 bits per heavy atom. The summed E-state index contributed by atoms with van der Waals surface area (Å²) in [6.45, 7) is 0. The number of nitrogens with zero attached hydrogens (tertiary/aromatic N) is 3. The fourth-order valence-electron chi connectivity index (χ4n) is 1.18. The molecule has 0 spiro atoms. The minimum Gasteiger partial charge on any atom is -0.259 e. The molecule has 1 radical (unpaired) electrons. The number of hydrogen-bond donors (Lipinski definition) is 0. The predicted octanol–water partition coefficient (Wildman–Crippen LogP) is 1.93. The molecular formula is C9H5F3N3. The SMILES string of the molecule is FC(F)(F)Cc1cc2[c]cnnc2cn1. The van der Waals surface area contributed by atoms with Gasteiger partial charge in [-0.05, 0) is 6.07 Å². The third-order valence-corrected chi connectivity index (χ3v) is 1.76. The Balaban J connectivity index is 2.39. The summed E-state index contributed by atoms with van der Waals surface area (Å²) < 4.78 is 36.2. The lowest BCUT2D eigenvalue weighted by Crippen LogP contribution is -2.12. The average molecular weight is 212 g/mol. The highest BCUT2D eigenvalue weighted by Crippen LogP contribution is 2.21. The van der Waals surface area contributed by atoms with Crippen LogP contribution in [0.15, 0.2) is 18.5 Å². The molecule has 0 saturated carbocycles. The molecule has 0 aromatic carbocycles.